The molecule has 0 aromatic heterocycles. The maximum absolute atomic E-state index is 12.9. The van der Waals surface area contributed by atoms with Gasteiger partial charge in [0.15, 0.2) is 6.10 Å². The van der Waals surface area contributed by atoms with Crippen LogP contribution in [0.3, 0.4) is 0 Å². The Hall–Kier alpha value is -1.85. The van der Waals surface area contributed by atoms with Crippen molar-refractivity contribution < 1.29 is 28.6 Å². The first-order valence-corrected chi connectivity index (χ1v) is 34.2. The van der Waals surface area contributed by atoms with E-state index >= 15 is 0 Å². The average Bonchev–Trinajstić information content (AvgIpc) is 3.41. The second-order valence-corrected chi connectivity index (χ2v) is 23.5. The van der Waals surface area contributed by atoms with Crippen molar-refractivity contribution in [2.45, 2.75) is 399 Å². The fraction of sp³-hybridized carbons (Fsp3) is 0.928. The minimum Gasteiger partial charge on any atom is -0.462 e. The van der Waals surface area contributed by atoms with Gasteiger partial charge in [0.05, 0.1) is 0 Å². The molecule has 0 fully saturated rings. The lowest BCUT2D eigenvalue weighted by molar-refractivity contribution is -0.167. The summed E-state index contributed by atoms with van der Waals surface area (Å²) in [5, 5.41) is 0. The smallest absolute Gasteiger partial charge is 0.306 e. The Bertz CT molecular complexity index is 1170. The monoisotopic (exact) mass is 1060 g/mol. The number of hydrogen-bond acceptors (Lipinski definition) is 6. The highest BCUT2D eigenvalue weighted by Crippen LogP contribution is 2.19. The van der Waals surface area contributed by atoms with Crippen molar-refractivity contribution in [1.82, 2.24) is 0 Å². The molecule has 0 saturated heterocycles. The first-order chi connectivity index (χ1) is 37.0. The van der Waals surface area contributed by atoms with E-state index in [2.05, 4.69) is 32.9 Å². The van der Waals surface area contributed by atoms with E-state index in [1.54, 1.807) is 0 Å². The zero-order valence-electron chi connectivity index (χ0n) is 51.1. The zero-order chi connectivity index (χ0) is 54.3. The zero-order valence-corrected chi connectivity index (χ0v) is 51.1. The molecule has 0 saturated carbocycles. The predicted octanol–water partition coefficient (Wildman–Crippen LogP) is 23.2. The Morgan fingerprint density at radius 2 is 0.440 bits per heavy atom. The van der Waals surface area contributed by atoms with Crippen LogP contribution in [0, 0.1) is 0 Å². The molecule has 1 unspecified atom stereocenters. The molecule has 0 rings (SSSR count). The summed E-state index contributed by atoms with van der Waals surface area (Å²) < 4.78 is 16.9. The molecule has 1 atom stereocenters. The Morgan fingerprint density at radius 1 is 0.253 bits per heavy atom. The van der Waals surface area contributed by atoms with Crippen LogP contribution >= 0.6 is 0 Å². The molecule has 0 aromatic carbocycles. The topological polar surface area (TPSA) is 78.9 Å². The van der Waals surface area contributed by atoms with Crippen LogP contribution in [0.1, 0.15) is 393 Å². The predicted molar refractivity (Wildman–Crippen MR) is 326 cm³/mol. The molecule has 0 aromatic rings. The molecule has 0 amide bonds. The van der Waals surface area contributed by atoms with Gasteiger partial charge in [0.2, 0.25) is 0 Å². The molecule has 0 bridgehead atoms. The number of ether oxygens (including phenoxy) is 3. The number of carbonyl (C=O) groups is 3. The molecule has 0 heterocycles. The number of unbranched alkanes of at least 4 members (excludes halogenated alkanes) is 51. The first kappa shape index (κ1) is 73.2. The Morgan fingerprint density at radius 3 is 0.667 bits per heavy atom. The second-order valence-electron chi connectivity index (χ2n) is 23.5. The lowest BCUT2D eigenvalue weighted by Crippen LogP contribution is -2.30. The van der Waals surface area contributed by atoms with Crippen LogP contribution < -0.4 is 0 Å². The summed E-state index contributed by atoms with van der Waals surface area (Å²) in [7, 11) is 0. The fourth-order valence-corrected chi connectivity index (χ4v) is 10.6. The fourth-order valence-electron chi connectivity index (χ4n) is 10.6. The van der Waals surface area contributed by atoms with Crippen molar-refractivity contribution in [3.8, 4) is 0 Å². The summed E-state index contributed by atoms with van der Waals surface area (Å²) in [5.41, 5.74) is 0. The Balaban J connectivity index is 4.07. The van der Waals surface area contributed by atoms with Crippen LogP contribution in [0.25, 0.3) is 0 Å². The van der Waals surface area contributed by atoms with Crippen molar-refractivity contribution in [3.05, 3.63) is 12.2 Å². The van der Waals surface area contributed by atoms with Gasteiger partial charge in [-0.3, -0.25) is 14.4 Å². The van der Waals surface area contributed by atoms with E-state index in [0.29, 0.717) is 19.3 Å². The molecular formula is C69H132O6. The van der Waals surface area contributed by atoms with E-state index in [4.69, 9.17) is 14.2 Å². The molecular weight excluding hydrogens is 925 g/mol. The highest BCUT2D eigenvalue weighted by atomic mass is 16.6. The maximum Gasteiger partial charge on any atom is 0.306 e. The van der Waals surface area contributed by atoms with Gasteiger partial charge < -0.3 is 14.2 Å². The molecule has 6 nitrogen and oxygen atoms in total. The molecule has 0 radical (unpaired) electrons. The van der Waals surface area contributed by atoms with E-state index in [1.165, 1.54) is 295 Å². The van der Waals surface area contributed by atoms with Gasteiger partial charge in [0.25, 0.3) is 0 Å². The minimum atomic E-state index is -0.765. The van der Waals surface area contributed by atoms with Gasteiger partial charge in [0, 0.05) is 19.3 Å². The van der Waals surface area contributed by atoms with Gasteiger partial charge in [-0.1, -0.05) is 341 Å². The Kier molecular flexibility index (Phi) is 63.1. The van der Waals surface area contributed by atoms with Crippen LogP contribution in [0.15, 0.2) is 12.2 Å². The molecule has 6 heteroatoms. The molecule has 0 aliphatic rings. The molecule has 444 valence electrons. The third-order valence-corrected chi connectivity index (χ3v) is 15.8. The third kappa shape index (κ3) is 62.9. The van der Waals surface area contributed by atoms with Crippen molar-refractivity contribution in [2.75, 3.05) is 13.2 Å². The van der Waals surface area contributed by atoms with Crippen LogP contribution in [-0.2, 0) is 28.6 Å². The normalized spacial score (nSPS) is 12.0. The highest BCUT2D eigenvalue weighted by Gasteiger charge is 2.19. The largest absolute Gasteiger partial charge is 0.462 e. The molecule has 0 spiro atoms. The molecule has 75 heavy (non-hydrogen) atoms. The first-order valence-electron chi connectivity index (χ1n) is 34.2. The van der Waals surface area contributed by atoms with E-state index in [-0.39, 0.29) is 31.1 Å². The molecule has 0 N–H and O–H groups in total. The van der Waals surface area contributed by atoms with Crippen LogP contribution in [0.4, 0.5) is 0 Å². The average molecular weight is 1060 g/mol. The van der Waals surface area contributed by atoms with Gasteiger partial charge in [-0.25, -0.2) is 0 Å². The maximum atomic E-state index is 12.9. The molecule has 0 aliphatic carbocycles. The number of allylic oxidation sites excluding steroid dienone is 2. The van der Waals surface area contributed by atoms with Gasteiger partial charge >= 0.3 is 17.9 Å². The van der Waals surface area contributed by atoms with Crippen molar-refractivity contribution in [3.63, 3.8) is 0 Å². The van der Waals surface area contributed by atoms with E-state index in [0.717, 1.165) is 57.8 Å². The summed E-state index contributed by atoms with van der Waals surface area (Å²) in [6, 6.07) is 0. The molecule has 0 aliphatic heterocycles. The minimum absolute atomic E-state index is 0.0640. The Labute approximate surface area is 469 Å². The van der Waals surface area contributed by atoms with Gasteiger partial charge in [0.1, 0.15) is 13.2 Å². The van der Waals surface area contributed by atoms with Gasteiger partial charge in [-0.2, -0.15) is 0 Å². The summed E-state index contributed by atoms with van der Waals surface area (Å²) in [6.45, 7) is 6.69. The SMILES string of the molecule is CCCCCCCCCC/C=C\CCCCCCCCCCCCCC(=O)OC(COC(=O)CCCCCCCCCC)COC(=O)CCCCCCCCCCCCCCCCCCCCCCCCCCCC. The number of esters is 3. The number of hydrogen-bond donors (Lipinski definition) is 0. The summed E-state index contributed by atoms with van der Waals surface area (Å²) in [6.07, 6.45) is 76.9. The summed E-state index contributed by atoms with van der Waals surface area (Å²) >= 11 is 0. The van der Waals surface area contributed by atoms with Crippen molar-refractivity contribution in [1.29, 1.82) is 0 Å². The lowest BCUT2D eigenvalue weighted by atomic mass is 10.0. The summed E-state index contributed by atoms with van der Waals surface area (Å²) in [4.78, 5) is 38.2. The van der Waals surface area contributed by atoms with Crippen molar-refractivity contribution >= 4 is 17.9 Å². The number of carbonyl (C=O) groups excluding carboxylic acids is 3. The standard InChI is InChI=1S/C69H132O6/c1-4-7-10-13-16-19-21-23-25-27-29-31-33-34-35-37-38-40-42-44-46-48-50-53-56-59-62-68(71)74-65-66(64-73-67(70)61-58-55-52-18-15-12-9-6-3)75-69(72)63-60-57-54-51-49-47-45-43-41-39-36-32-30-28-26-24-22-20-17-14-11-8-5-2/h28,30,66H,4-27,29,31-65H2,1-3H3/b30-28-. The van der Waals surface area contributed by atoms with Crippen LogP contribution in [-0.4, -0.2) is 37.2 Å². The van der Waals surface area contributed by atoms with Crippen LogP contribution in [0.5, 0.6) is 0 Å². The summed E-state index contributed by atoms with van der Waals surface area (Å²) in [5.74, 6) is -0.839. The van der Waals surface area contributed by atoms with E-state index < -0.39 is 6.10 Å². The lowest BCUT2D eigenvalue weighted by Gasteiger charge is -2.18. The second kappa shape index (κ2) is 64.7. The van der Waals surface area contributed by atoms with Crippen molar-refractivity contribution in [2.24, 2.45) is 0 Å². The van der Waals surface area contributed by atoms with Gasteiger partial charge in [-0.05, 0) is 44.9 Å². The van der Waals surface area contributed by atoms with E-state index in [9.17, 15) is 14.4 Å². The third-order valence-electron chi connectivity index (χ3n) is 15.8. The van der Waals surface area contributed by atoms with Gasteiger partial charge in [-0.15, -0.1) is 0 Å². The number of rotatable bonds is 64. The quantitative estimate of drug-likeness (QED) is 0.0261. The highest BCUT2D eigenvalue weighted by molar-refractivity contribution is 5.71. The van der Waals surface area contributed by atoms with Crippen LogP contribution in [0.2, 0.25) is 0 Å². The van der Waals surface area contributed by atoms with E-state index in [1.807, 2.05) is 0 Å².